The van der Waals surface area contributed by atoms with Crippen LogP contribution in [0.2, 0.25) is 0 Å². The fraction of sp³-hybridized carbons (Fsp3) is 0.778. The number of rotatable bonds is 7. The lowest BCUT2D eigenvalue weighted by molar-refractivity contribution is -0.142. The van der Waals surface area contributed by atoms with Gasteiger partial charge in [0.25, 0.3) is 0 Å². The van der Waals surface area contributed by atoms with Gasteiger partial charge in [-0.25, -0.2) is 4.98 Å². The molecule has 2 fully saturated rings. The van der Waals surface area contributed by atoms with Crippen LogP contribution in [-0.2, 0) is 17.8 Å². The maximum Gasteiger partial charge on any atom is 0.321 e. The summed E-state index contributed by atoms with van der Waals surface area (Å²) in [7, 11) is 0. The molecule has 6 heteroatoms. The minimum atomic E-state index is -0.777. The average molecular weight is 334 g/mol. The lowest BCUT2D eigenvalue weighted by Crippen LogP contribution is -2.42. The Labute approximate surface area is 144 Å². The number of hydrogen-bond donors (Lipinski definition) is 2. The summed E-state index contributed by atoms with van der Waals surface area (Å²) in [6, 6.07) is -0.417. The molecule has 1 saturated carbocycles. The van der Waals surface area contributed by atoms with Gasteiger partial charge in [0, 0.05) is 38.3 Å². The largest absolute Gasteiger partial charge is 0.480 e. The van der Waals surface area contributed by atoms with Gasteiger partial charge in [-0.05, 0) is 18.8 Å². The van der Waals surface area contributed by atoms with Crippen molar-refractivity contribution in [2.45, 2.75) is 70.0 Å². The molecule has 1 aromatic rings. The Kier molecular flexibility index (Phi) is 5.89. The van der Waals surface area contributed by atoms with Gasteiger partial charge in [0.05, 0.1) is 12.0 Å². The number of nitrogens with two attached hydrogens (primary N) is 1. The number of aromatic nitrogens is 2. The Morgan fingerprint density at radius 3 is 2.79 bits per heavy atom. The third-order valence-electron chi connectivity index (χ3n) is 5.59. The number of nitrogens with zero attached hydrogens (tertiary/aromatic N) is 3. The van der Waals surface area contributed by atoms with Crippen LogP contribution in [0.3, 0.4) is 0 Å². The predicted octanol–water partition coefficient (Wildman–Crippen LogP) is 1.88. The Hall–Kier alpha value is -1.40. The van der Waals surface area contributed by atoms with Crippen LogP contribution in [0.25, 0.3) is 0 Å². The third-order valence-corrected chi connectivity index (χ3v) is 5.59. The van der Waals surface area contributed by atoms with Crippen molar-refractivity contribution in [3.05, 3.63) is 18.2 Å². The number of hydrogen-bond acceptors (Lipinski definition) is 4. The van der Waals surface area contributed by atoms with Crippen molar-refractivity contribution in [2.24, 2.45) is 11.7 Å². The van der Waals surface area contributed by atoms with E-state index in [0.29, 0.717) is 13.0 Å². The van der Waals surface area contributed by atoms with Gasteiger partial charge in [-0.15, -0.1) is 0 Å². The van der Waals surface area contributed by atoms with E-state index in [1.54, 1.807) is 0 Å². The summed E-state index contributed by atoms with van der Waals surface area (Å²) in [4.78, 5) is 18.0. The van der Waals surface area contributed by atoms with Gasteiger partial charge in [-0.2, -0.15) is 0 Å². The number of carbonyl (C=O) groups is 1. The van der Waals surface area contributed by atoms with Crippen molar-refractivity contribution in [3.63, 3.8) is 0 Å². The first-order chi connectivity index (χ1) is 11.6. The van der Waals surface area contributed by atoms with Crippen molar-refractivity contribution in [1.29, 1.82) is 0 Å². The molecule has 0 aromatic carbocycles. The van der Waals surface area contributed by atoms with Gasteiger partial charge in [-0.1, -0.05) is 32.1 Å². The summed E-state index contributed by atoms with van der Waals surface area (Å²) in [5.74, 6) is 0.0725. The molecule has 6 nitrogen and oxygen atoms in total. The summed E-state index contributed by atoms with van der Waals surface area (Å²) in [6.07, 6.45) is 13.3. The Morgan fingerprint density at radius 1 is 1.33 bits per heavy atom. The van der Waals surface area contributed by atoms with E-state index < -0.39 is 12.0 Å². The molecule has 1 saturated heterocycles. The predicted molar refractivity (Wildman–Crippen MR) is 92.7 cm³/mol. The fourth-order valence-corrected chi connectivity index (χ4v) is 4.11. The molecule has 2 atom stereocenters. The second-order valence-corrected chi connectivity index (χ2v) is 7.50. The van der Waals surface area contributed by atoms with Crippen LogP contribution in [0.15, 0.2) is 12.5 Å². The molecule has 0 spiro atoms. The zero-order valence-corrected chi connectivity index (χ0v) is 14.4. The highest BCUT2D eigenvalue weighted by Crippen LogP contribution is 2.26. The SMILES string of the molecule is NC1CCN(C(Cc2cn(CCC3CCCCC3)cn2)C(=O)O)C1. The van der Waals surface area contributed by atoms with E-state index in [2.05, 4.69) is 9.55 Å². The molecule has 1 aliphatic heterocycles. The number of aryl methyl sites for hydroxylation is 1. The maximum atomic E-state index is 11.6. The average Bonchev–Trinajstić information content (AvgIpc) is 3.20. The molecule has 0 amide bonds. The van der Waals surface area contributed by atoms with Gasteiger partial charge < -0.3 is 15.4 Å². The highest BCUT2D eigenvalue weighted by molar-refractivity contribution is 5.73. The highest BCUT2D eigenvalue weighted by Gasteiger charge is 2.31. The normalized spacial score (nSPS) is 24.3. The minimum absolute atomic E-state index is 0.0971. The first-order valence-electron chi connectivity index (χ1n) is 9.35. The molecule has 24 heavy (non-hydrogen) atoms. The third kappa shape index (κ3) is 4.57. The Balaban J connectivity index is 1.52. The van der Waals surface area contributed by atoms with E-state index in [1.165, 1.54) is 38.5 Å². The Morgan fingerprint density at radius 2 is 2.12 bits per heavy atom. The van der Waals surface area contributed by atoms with Crippen molar-refractivity contribution in [3.8, 4) is 0 Å². The summed E-state index contributed by atoms with van der Waals surface area (Å²) in [6.45, 7) is 2.42. The van der Waals surface area contributed by atoms with E-state index in [0.717, 1.165) is 31.1 Å². The molecule has 0 radical (unpaired) electrons. The molecule has 1 aromatic heterocycles. The van der Waals surface area contributed by atoms with Gasteiger partial charge >= 0.3 is 5.97 Å². The Bertz CT molecular complexity index is 539. The monoisotopic (exact) mass is 334 g/mol. The number of likely N-dealkylation sites (tertiary alicyclic amines) is 1. The molecule has 3 N–H and O–H groups in total. The van der Waals surface area contributed by atoms with Crippen LogP contribution in [0.1, 0.15) is 50.6 Å². The lowest BCUT2D eigenvalue weighted by atomic mass is 9.87. The van der Waals surface area contributed by atoms with E-state index >= 15 is 0 Å². The number of aliphatic carboxylic acids is 1. The van der Waals surface area contributed by atoms with Gasteiger partial charge in [0.2, 0.25) is 0 Å². The molecule has 3 rings (SSSR count). The van der Waals surface area contributed by atoms with Gasteiger partial charge in [0.1, 0.15) is 6.04 Å². The van der Waals surface area contributed by atoms with Crippen LogP contribution in [-0.4, -0.2) is 50.7 Å². The van der Waals surface area contributed by atoms with Crippen LogP contribution in [0, 0.1) is 5.92 Å². The highest BCUT2D eigenvalue weighted by atomic mass is 16.4. The van der Waals surface area contributed by atoms with Crippen LogP contribution in [0.4, 0.5) is 0 Å². The minimum Gasteiger partial charge on any atom is -0.480 e. The summed E-state index contributed by atoms with van der Waals surface area (Å²) < 4.78 is 2.12. The molecule has 0 bridgehead atoms. The molecular weight excluding hydrogens is 304 g/mol. The summed E-state index contributed by atoms with van der Waals surface area (Å²) >= 11 is 0. The van der Waals surface area contributed by atoms with Crippen LogP contribution < -0.4 is 5.73 Å². The van der Waals surface area contributed by atoms with Crippen molar-refractivity contribution in [1.82, 2.24) is 14.5 Å². The van der Waals surface area contributed by atoms with E-state index in [-0.39, 0.29) is 6.04 Å². The van der Waals surface area contributed by atoms with Crippen molar-refractivity contribution >= 4 is 5.97 Å². The molecular formula is C18H30N4O2. The summed E-state index contributed by atoms with van der Waals surface area (Å²) in [5.41, 5.74) is 6.78. The summed E-state index contributed by atoms with van der Waals surface area (Å²) in [5, 5.41) is 9.54. The van der Waals surface area contributed by atoms with E-state index in [1.807, 2.05) is 17.4 Å². The molecule has 2 aliphatic rings. The molecule has 2 heterocycles. The topological polar surface area (TPSA) is 84.4 Å². The van der Waals surface area contributed by atoms with Crippen molar-refractivity contribution < 1.29 is 9.90 Å². The number of imidazole rings is 1. The van der Waals surface area contributed by atoms with Gasteiger partial charge in [0.15, 0.2) is 0 Å². The smallest absolute Gasteiger partial charge is 0.321 e. The fourth-order valence-electron chi connectivity index (χ4n) is 4.11. The van der Waals surface area contributed by atoms with E-state index in [4.69, 9.17) is 5.73 Å². The first kappa shape index (κ1) is 17.4. The maximum absolute atomic E-state index is 11.6. The second kappa shape index (κ2) is 8.12. The van der Waals surface area contributed by atoms with Crippen molar-refractivity contribution in [2.75, 3.05) is 13.1 Å². The number of carboxylic acid groups (broad SMARTS) is 1. The lowest BCUT2D eigenvalue weighted by Gasteiger charge is -2.23. The van der Waals surface area contributed by atoms with Gasteiger partial charge in [-0.3, -0.25) is 9.69 Å². The van der Waals surface area contributed by atoms with Crippen LogP contribution in [0.5, 0.6) is 0 Å². The number of carboxylic acids is 1. The van der Waals surface area contributed by atoms with Crippen LogP contribution >= 0.6 is 0 Å². The quantitative estimate of drug-likeness (QED) is 0.795. The molecule has 2 unspecified atom stereocenters. The zero-order valence-electron chi connectivity index (χ0n) is 14.4. The molecule has 134 valence electrons. The zero-order chi connectivity index (χ0) is 16.9. The standard InChI is InChI=1S/C18H30N4O2/c19-15-7-9-22(11-15)17(18(23)24)10-16-12-21(13-20-16)8-6-14-4-2-1-3-5-14/h12-15,17H,1-11,19H2,(H,23,24). The van der Waals surface area contributed by atoms with E-state index in [9.17, 15) is 9.90 Å². The second-order valence-electron chi connectivity index (χ2n) is 7.50. The first-order valence-corrected chi connectivity index (χ1v) is 9.35. The molecule has 1 aliphatic carbocycles.